The highest BCUT2D eigenvalue weighted by atomic mass is 35.5. The molecule has 0 aliphatic carbocycles. The van der Waals surface area contributed by atoms with Crippen molar-refractivity contribution in [2.45, 2.75) is 31.4 Å². The lowest BCUT2D eigenvalue weighted by molar-refractivity contribution is -0.126. The van der Waals surface area contributed by atoms with Gasteiger partial charge in [-0.05, 0) is 73.3 Å². The van der Waals surface area contributed by atoms with Crippen LogP contribution in [0.15, 0.2) is 36.4 Å². The van der Waals surface area contributed by atoms with Gasteiger partial charge in [-0.25, -0.2) is 0 Å². The van der Waals surface area contributed by atoms with Crippen molar-refractivity contribution < 1.29 is 22.6 Å². The average molecular weight is 455 g/mol. The van der Waals surface area contributed by atoms with Gasteiger partial charge in [-0.3, -0.25) is 0 Å². The lowest BCUT2D eigenvalue weighted by Crippen LogP contribution is -2.26. The maximum atomic E-state index is 13.5. The Morgan fingerprint density at radius 2 is 1.68 bits per heavy atom. The number of piperidine rings is 1. The standard InChI is InChI=1S/C23H25F3N2O2.ClH/c1-29-20-6-4-16(12-21(20)30-2)22-18(13-23(24,25)26)17-11-15(3-5-19(17)28-22)14-7-9-27-10-8-14;/h3-6,11-12,14,27-28H,7-10,13H2,1-2H3;1H. The molecule has 31 heavy (non-hydrogen) atoms. The van der Waals surface area contributed by atoms with Crippen LogP contribution < -0.4 is 14.8 Å². The van der Waals surface area contributed by atoms with Gasteiger partial charge in [0.25, 0.3) is 0 Å². The number of rotatable bonds is 5. The normalized spacial score (nSPS) is 15.0. The summed E-state index contributed by atoms with van der Waals surface area (Å²) in [6, 6.07) is 11.0. The highest BCUT2D eigenvalue weighted by Crippen LogP contribution is 2.39. The Hall–Kier alpha value is -2.38. The number of fused-ring (bicyclic) bond motifs is 1. The molecule has 168 valence electrons. The first-order chi connectivity index (χ1) is 14.4. The second-order valence-corrected chi connectivity index (χ2v) is 7.67. The molecule has 4 rings (SSSR count). The number of ether oxygens (including phenoxy) is 2. The van der Waals surface area contributed by atoms with E-state index in [0.29, 0.717) is 39.6 Å². The van der Waals surface area contributed by atoms with Crippen molar-refractivity contribution in [1.29, 1.82) is 0 Å². The van der Waals surface area contributed by atoms with Gasteiger partial charge in [-0.2, -0.15) is 13.2 Å². The summed E-state index contributed by atoms with van der Waals surface area (Å²) in [4.78, 5) is 3.21. The van der Waals surface area contributed by atoms with Crippen LogP contribution in [0.2, 0.25) is 0 Å². The first-order valence-corrected chi connectivity index (χ1v) is 10.0. The van der Waals surface area contributed by atoms with Gasteiger partial charge in [0.15, 0.2) is 11.5 Å². The van der Waals surface area contributed by atoms with E-state index in [-0.39, 0.29) is 18.0 Å². The van der Waals surface area contributed by atoms with E-state index in [4.69, 9.17) is 9.47 Å². The van der Waals surface area contributed by atoms with E-state index in [2.05, 4.69) is 10.3 Å². The predicted molar refractivity (Wildman–Crippen MR) is 119 cm³/mol. The molecule has 2 N–H and O–H groups in total. The second kappa shape index (κ2) is 9.40. The van der Waals surface area contributed by atoms with Crippen molar-refractivity contribution in [3.63, 3.8) is 0 Å². The summed E-state index contributed by atoms with van der Waals surface area (Å²) >= 11 is 0. The quantitative estimate of drug-likeness (QED) is 0.508. The smallest absolute Gasteiger partial charge is 0.393 e. The van der Waals surface area contributed by atoms with Crippen LogP contribution in [0.25, 0.3) is 22.2 Å². The molecule has 3 aromatic rings. The van der Waals surface area contributed by atoms with E-state index in [1.807, 2.05) is 18.2 Å². The van der Waals surface area contributed by atoms with Gasteiger partial charge in [-0.1, -0.05) is 6.07 Å². The van der Waals surface area contributed by atoms with Crippen molar-refractivity contribution >= 4 is 23.3 Å². The van der Waals surface area contributed by atoms with E-state index in [0.717, 1.165) is 31.5 Å². The summed E-state index contributed by atoms with van der Waals surface area (Å²) in [5.74, 6) is 1.37. The van der Waals surface area contributed by atoms with Gasteiger partial charge in [0.1, 0.15) is 0 Å². The van der Waals surface area contributed by atoms with Gasteiger partial charge in [0.2, 0.25) is 0 Å². The predicted octanol–water partition coefficient (Wildman–Crippen LogP) is 5.85. The molecular formula is C23H26ClF3N2O2. The number of alkyl halides is 3. The van der Waals surface area contributed by atoms with Gasteiger partial charge in [-0.15, -0.1) is 12.4 Å². The zero-order valence-electron chi connectivity index (χ0n) is 17.4. The summed E-state index contributed by atoms with van der Waals surface area (Å²) in [7, 11) is 3.03. The van der Waals surface area contributed by atoms with Crippen molar-refractivity contribution in [3.05, 3.63) is 47.5 Å². The number of benzene rings is 2. The third-order valence-corrected chi connectivity index (χ3v) is 5.79. The molecule has 1 saturated heterocycles. The molecule has 0 spiro atoms. The first kappa shape index (κ1) is 23.3. The first-order valence-electron chi connectivity index (χ1n) is 10.0. The number of nitrogens with one attached hydrogen (secondary N) is 2. The summed E-state index contributed by atoms with van der Waals surface area (Å²) in [5, 5.41) is 3.97. The van der Waals surface area contributed by atoms with E-state index < -0.39 is 12.6 Å². The van der Waals surface area contributed by atoms with Gasteiger partial charge in [0, 0.05) is 16.5 Å². The fourth-order valence-electron chi connectivity index (χ4n) is 4.30. The maximum Gasteiger partial charge on any atom is 0.393 e. The summed E-state index contributed by atoms with van der Waals surface area (Å²) in [6.07, 6.45) is -3.32. The number of aromatic nitrogens is 1. The Morgan fingerprint density at radius 1 is 0.968 bits per heavy atom. The summed E-state index contributed by atoms with van der Waals surface area (Å²) in [5.41, 5.74) is 3.17. The van der Waals surface area contributed by atoms with Crippen LogP contribution >= 0.6 is 12.4 Å². The molecule has 0 atom stereocenters. The number of aromatic amines is 1. The maximum absolute atomic E-state index is 13.5. The van der Waals surface area contributed by atoms with Gasteiger partial charge < -0.3 is 19.8 Å². The third kappa shape index (κ3) is 4.93. The van der Waals surface area contributed by atoms with Gasteiger partial charge >= 0.3 is 6.18 Å². The molecule has 0 amide bonds. The second-order valence-electron chi connectivity index (χ2n) is 7.67. The minimum Gasteiger partial charge on any atom is -0.493 e. The molecule has 1 aliphatic rings. The molecule has 2 heterocycles. The fraction of sp³-hybridized carbons (Fsp3) is 0.391. The van der Waals surface area contributed by atoms with Crippen LogP contribution in [-0.4, -0.2) is 38.5 Å². The lowest BCUT2D eigenvalue weighted by atomic mass is 9.89. The molecule has 1 aromatic heterocycles. The topological polar surface area (TPSA) is 46.3 Å². The van der Waals surface area contributed by atoms with Gasteiger partial charge in [0.05, 0.1) is 26.3 Å². The number of hydrogen-bond acceptors (Lipinski definition) is 3. The van der Waals surface area contributed by atoms with Crippen LogP contribution in [-0.2, 0) is 6.42 Å². The van der Waals surface area contributed by atoms with Crippen LogP contribution in [0.4, 0.5) is 13.2 Å². The van der Waals surface area contributed by atoms with Crippen molar-refractivity contribution in [2.24, 2.45) is 0 Å². The third-order valence-electron chi connectivity index (χ3n) is 5.79. The number of methoxy groups -OCH3 is 2. The molecule has 0 saturated carbocycles. The van der Waals surface area contributed by atoms with Crippen LogP contribution in [0.1, 0.15) is 29.9 Å². The van der Waals surface area contributed by atoms with E-state index >= 15 is 0 Å². The number of halogens is 4. The highest BCUT2D eigenvalue weighted by molar-refractivity contribution is 5.91. The van der Waals surface area contributed by atoms with E-state index in [1.165, 1.54) is 14.2 Å². The molecule has 1 fully saturated rings. The minimum absolute atomic E-state index is 0. The Labute approximate surface area is 185 Å². The highest BCUT2D eigenvalue weighted by Gasteiger charge is 2.31. The van der Waals surface area contributed by atoms with Crippen molar-refractivity contribution in [1.82, 2.24) is 10.3 Å². The molecule has 0 unspecified atom stereocenters. The molecule has 4 nitrogen and oxygen atoms in total. The largest absolute Gasteiger partial charge is 0.493 e. The zero-order chi connectivity index (χ0) is 21.3. The Balaban J connectivity index is 0.00000272. The number of hydrogen-bond donors (Lipinski definition) is 2. The Morgan fingerprint density at radius 3 is 2.32 bits per heavy atom. The lowest BCUT2D eigenvalue weighted by Gasteiger charge is -2.23. The molecule has 1 aliphatic heterocycles. The van der Waals surface area contributed by atoms with Crippen molar-refractivity contribution in [3.8, 4) is 22.8 Å². The molecular weight excluding hydrogens is 429 g/mol. The van der Waals surface area contributed by atoms with Crippen LogP contribution in [0.5, 0.6) is 11.5 Å². The molecule has 8 heteroatoms. The van der Waals surface area contributed by atoms with E-state index in [9.17, 15) is 13.2 Å². The molecule has 0 radical (unpaired) electrons. The SMILES string of the molecule is COc1ccc(-c2[nH]c3ccc(C4CCNCC4)cc3c2CC(F)(F)F)cc1OC.Cl. The monoisotopic (exact) mass is 454 g/mol. The van der Waals surface area contributed by atoms with Crippen molar-refractivity contribution in [2.75, 3.05) is 27.3 Å². The summed E-state index contributed by atoms with van der Waals surface area (Å²) < 4.78 is 51.1. The summed E-state index contributed by atoms with van der Waals surface area (Å²) in [6.45, 7) is 1.87. The average Bonchev–Trinajstić information content (AvgIpc) is 3.10. The molecule has 0 bridgehead atoms. The zero-order valence-corrected chi connectivity index (χ0v) is 18.3. The van der Waals surface area contributed by atoms with E-state index in [1.54, 1.807) is 18.2 Å². The molecule has 2 aromatic carbocycles. The van der Waals surface area contributed by atoms with Crippen LogP contribution in [0.3, 0.4) is 0 Å². The number of H-pyrrole nitrogens is 1. The fourth-order valence-corrected chi connectivity index (χ4v) is 4.30. The Bertz CT molecular complexity index is 1040. The van der Waals surface area contributed by atoms with Crippen LogP contribution in [0, 0.1) is 0 Å². The Kier molecular flexibility index (Phi) is 7.06. The minimum atomic E-state index is -4.31.